The number of rotatable bonds is 5. The zero-order valence-corrected chi connectivity index (χ0v) is 14.6. The molecule has 2 N–H and O–H groups in total. The summed E-state index contributed by atoms with van der Waals surface area (Å²) in [6.07, 6.45) is 0.249. The molecule has 4 nitrogen and oxygen atoms in total. The second-order valence-corrected chi connectivity index (χ2v) is 7.24. The van der Waals surface area contributed by atoms with Crippen LogP contribution in [0.1, 0.15) is 23.5 Å². The van der Waals surface area contributed by atoms with Gasteiger partial charge in [0.05, 0.1) is 6.67 Å². The van der Waals surface area contributed by atoms with Crippen LogP contribution in [-0.2, 0) is 4.74 Å². The molecule has 2 aromatic rings. The first-order valence-corrected chi connectivity index (χ1v) is 9.08. The predicted octanol–water partition coefficient (Wildman–Crippen LogP) is 3.47. The third-order valence-corrected chi connectivity index (χ3v) is 5.57. The molecular formula is C21H23FN2O2. The summed E-state index contributed by atoms with van der Waals surface area (Å²) in [5.41, 5.74) is 4.27. The van der Waals surface area contributed by atoms with Gasteiger partial charge in [-0.15, -0.1) is 0 Å². The molecule has 1 saturated heterocycles. The highest BCUT2D eigenvalue weighted by molar-refractivity contribution is 5.79. The molecule has 1 aliphatic heterocycles. The molecule has 1 atom stereocenters. The SMILES string of the molecule is O=C(NC[C@@]1(CF)CCNC1)OCC1c2ccccc2-c2ccccc21. The van der Waals surface area contributed by atoms with Crippen molar-refractivity contribution in [1.82, 2.24) is 10.6 Å². The molecule has 0 bridgehead atoms. The van der Waals surface area contributed by atoms with Crippen molar-refractivity contribution in [3.63, 3.8) is 0 Å². The molecule has 4 rings (SSSR count). The molecule has 0 unspecified atom stereocenters. The van der Waals surface area contributed by atoms with E-state index in [0.717, 1.165) is 13.0 Å². The fourth-order valence-corrected chi connectivity index (χ4v) is 4.02. The van der Waals surface area contributed by atoms with Gasteiger partial charge in [-0.1, -0.05) is 48.5 Å². The second kappa shape index (κ2) is 7.08. The quantitative estimate of drug-likeness (QED) is 0.864. The fourth-order valence-electron chi connectivity index (χ4n) is 4.02. The summed E-state index contributed by atoms with van der Waals surface area (Å²) >= 11 is 0. The van der Waals surface area contributed by atoms with Crippen molar-refractivity contribution < 1.29 is 13.9 Å². The number of ether oxygens (including phenoxy) is 1. The topological polar surface area (TPSA) is 50.4 Å². The number of halogens is 1. The lowest BCUT2D eigenvalue weighted by Crippen LogP contribution is -2.41. The lowest BCUT2D eigenvalue weighted by Gasteiger charge is -2.24. The number of hydrogen-bond acceptors (Lipinski definition) is 3. The smallest absolute Gasteiger partial charge is 0.407 e. The Bertz CT molecular complexity index is 757. The second-order valence-electron chi connectivity index (χ2n) is 7.24. The minimum atomic E-state index is -0.494. The van der Waals surface area contributed by atoms with E-state index in [1.807, 2.05) is 24.3 Å². The number of amides is 1. The number of fused-ring (bicyclic) bond motifs is 3. The average molecular weight is 354 g/mol. The zero-order valence-electron chi connectivity index (χ0n) is 14.6. The van der Waals surface area contributed by atoms with Crippen LogP contribution in [0.4, 0.5) is 9.18 Å². The summed E-state index contributed by atoms with van der Waals surface area (Å²) in [6, 6.07) is 16.5. The van der Waals surface area contributed by atoms with Gasteiger partial charge in [-0.25, -0.2) is 4.79 Å². The van der Waals surface area contributed by atoms with Crippen molar-refractivity contribution in [3.05, 3.63) is 59.7 Å². The van der Waals surface area contributed by atoms with Gasteiger partial charge in [-0.2, -0.15) is 0 Å². The number of carbonyl (C=O) groups is 1. The van der Waals surface area contributed by atoms with Crippen LogP contribution >= 0.6 is 0 Å². The van der Waals surface area contributed by atoms with Gasteiger partial charge in [-0.3, -0.25) is 4.39 Å². The van der Waals surface area contributed by atoms with Gasteiger partial charge in [-0.05, 0) is 35.2 Å². The molecule has 5 heteroatoms. The maximum atomic E-state index is 13.3. The van der Waals surface area contributed by atoms with Gasteiger partial charge in [0.15, 0.2) is 0 Å². The van der Waals surface area contributed by atoms with Crippen LogP contribution in [0.15, 0.2) is 48.5 Å². The number of alkyl carbamates (subject to hydrolysis) is 1. The van der Waals surface area contributed by atoms with Crippen molar-refractivity contribution in [1.29, 1.82) is 0 Å². The first kappa shape index (κ1) is 17.0. The Balaban J connectivity index is 1.41. The number of alkyl halides is 1. The number of nitrogens with one attached hydrogen (secondary N) is 2. The highest BCUT2D eigenvalue weighted by Gasteiger charge is 2.35. The van der Waals surface area contributed by atoms with Gasteiger partial charge in [0.2, 0.25) is 0 Å². The third-order valence-electron chi connectivity index (χ3n) is 5.57. The van der Waals surface area contributed by atoms with Crippen LogP contribution in [0.25, 0.3) is 11.1 Å². The van der Waals surface area contributed by atoms with E-state index >= 15 is 0 Å². The van der Waals surface area contributed by atoms with E-state index in [1.54, 1.807) is 0 Å². The normalized spacial score (nSPS) is 21.3. The van der Waals surface area contributed by atoms with Crippen LogP contribution in [0.5, 0.6) is 0 Å². The van der Waals surface area contributed by atoms with E-state index < -0.39 is 18.2 Å². The first-order valence-electron chi connectivity index (χ1n) is 9.08. The van der Waals surface area contributed by atoms with Gasteiger partial charge in [0, 0.05) is 24.4 Å². The third kappa shape index (κ3) is 3.07. The Morgan fingerprint density at radius 3 is 2.38 bits per heavy atom. The molecule has 1 fully saturated rings. The maximum Gasteiger partial charge on any atom is 0.407 e. The van der Waals surface area contributed by atoms with Gasteiger partial charge in [0.25, 0.3) is 0 Å². The molecule has 0 saturated carbocycles. The average Bonchev–Trinajstić information content (AvgIpc) is 3.28. The van der Waals surface area contributed by atoms with Crippen molar-refractivity contribution in [2.45, 2.75) is 12.3 Å². The van der Waals surface area contributed by atoms with Gasteiger partial charge < -0.3 is 15.4 Å². The molecular weight excluding hydrogens is 331 g/mol. The molecule has 2 aliphatic rings. The van der Waals surface area contributed by atoms with Gasteiger partial charge >= 0.3 is 6.09 Å². The predicted molar refractivity (Wildman–Crippen MR) is 99.0 cm³/mol. The molecule has 1 aliphatic carbocycles. The maximum absolute atomic E-state index is 13.3. The highest BCUT2D eigenvalue weighted by Crippen LogP contribution is 2.44. The Morgan fingerprint density at radius 1 is 1.15 bits per heavy atom. The van der Waals surface area contributed by atoms with Crippen LogP contribution < -0.4 is 10.6 Å². The Morgan fingerprint density at radius 2 is 1.81 bits per heavy atom. The molecule has 26 heavy (non-hydrogen) atoms. The summed E-state index contributed by atoms with van der Waals surface area (Å²) in [4.78, 5) is 12.2. The van der Waals surface area contributed by atoms with E-state index in [-0.39, 0.29) is 12.5 Å². The largest absolute Gasteiger partial charge is 0.449 e. The zero-order chi connectivity index (χ0) is 18.0. The van der Waals surface area contributed by atoms with Crippen LogP contribution in [-0.4, -0.2) is 39.0 Å². The van der Waals surface area contributed by atoms with Crippen molar-refractivity contribution >= 4 is 6.09 Å². The molecule has 0 radical (unpaired) electrons. The van der Waals surface area contributed by atoms with E-state index in [9.17, 15) is 9.18 Å². The summed E-state index contributed by atoms with van der Waals surface area (Å²) in [5, 5.41) is 5.90. The van der Waals surface area contributed by atoms with E-state index in [4.69, 9.17) is 4.74 Å². The van der Waals surface area contributed by atoms with Crippen molar-refractivity contribution in [2.24, 2.45) is 5.41 Å². The summed E-state index contributed by atoms with van der Waals surface area (Å²) in [7, 11) is 0. The Hall–Kier alpha value is -2.40. The van der Waals surface area contributed by atoms with Crippen LogP contribution in [0.2, 0.25) is 0 Å². The standard InChI is InChI=1S/C21H23FN2O2/c22-12-21(9-10-23-13-21)14-24-20(25)26-11-19-17-7-3-1-5-15(17)16-6-2-4-8-18(16)19/h1-8,19,23H,9-14H2,(H,24,25)/t21-/m1/s1. The number of benzene rings is 2. The molecule has 0 aromatic heterocycles. The van der Waals surface area contributed by atoms with Crippen LogP contribution in [0, 0.1) is 5.41 Å². The van der Waals surface area contributed by atoms with E-state index in [1.165, 1.54) is 22.3 Å². The molecule has 1 amide bonds. The highest BCUT2D eigenvalue weighted by atomic mass is 19.1. The molecule has 136 valence electrons. The van der Waals surface area contributed by atoms with E-state index in [2.05, 4.69) is 34.9 Å². The van der Waals surface area contributed by atoms with Gasteiger partial charge in [0.1, 0.15) is 6.61 Å². The first-order chi connectivity index (χ1) is 12.7. The van der Waals surface area contributed by atoms with Crippen molar-refractivity contribution in [2.75, 3.05) is 32.9 Å². The summed E-state index contributed by atoms with van der Waals surface area (Å²) in [6.45, 7) is 1.51. The molecule has 2 aromatic carbocycles. The summed E-state index contributed by atoms with van der Waals surface area (Å²) < 4.78 is 18.8. The molecule has 0 spiro atoms. The lowest BCUT2D eigenvalue weighted by atomic mass is 9.89. The fraction of sp³-hybridized carbons (Fsp3) is 0.381. The monoisotopic (exact) mass is 354 g/mol. The minimum absolute atomic E-state index is 0.0384. The van der Waals surface area contributed by atoms with E-state index in [0.29, 0.717) is 13.1 Å². The Kier molecular flexibility index (Phi) is 4.64. The number of hydrogen-bond donors (Lipinski definition) is 2. The molecule has 1 heterocycles. The summed E-state index contributed by atoms with van der Waals surface area (Å²) in [5.74, 6) is 0.0384. The van der Waals surface area contributed by atoms with Crippen LogP contribution in [0.3, 0.4) is 0 Å². The lowest BCUT2D eigenvalue weighted by molar-refractivity contribution is 0.134. The van der Waals surface area contributed by atoms with Crippen molar-refractivity contribution in [3.8, 4) is 11.1 Å². The minimum Gasteiger partial charge on any atom is -0.449 e. The Labute approximate surface area is 152 Å². The number of carbonyl (C=O) groups excluding carboxylic acids is 1.